The molecule has 4 N–H and O–H groups in total. The Labute approximate surface area is 117 Å². The van der Waals surface area contributed by atoms with Crippen LogP contribution < -0.4 is 10.5 Å². The van der Waals surface area contributed by atoms with Crippen molar-refractivity contribution in [3.05, 3.63) is 24.0 Å². The first-order valence-electron chi connectivity index (χ1n) is 5.70. The zero-order valence-corrected chi connectivity index (χ0v) is 11.6. The fraction of sp³-hybridized carbons (Fsp3) is 0.333. The van der Waals surface area contributed by atoms with Gasteiger partial charge in [-0.25, -0.2) is 13.1 Å². The number of pyridine rings is 1. The maximum absolute atomic E-state index is 12.0. The van der Waals surface area contributed by atoms with E-state index in [0.717, 1.165) is 0 Å². The second kappa shape index (κ2) is 7.00. The lowest BCUT2D eigenvalue weighted by Gasteiger charge is -2.12. The third-order valence-electron chi connectivity index (χ3n) is 2.20. The highest BCUT2D eigenvalue weighted by atomic mass is 32.2. The number of nitrogens with zero attached hydrogens (tertiary/aromatic N) is 1. The van der Waals surface area contributed by atoms with Crippen LogP contribution >= 0.6 is 0 Å². The van der Waals surface area contributed by atoms with E-state index in [0.29, 0.717) is 5.56 Å². The molecule has 1 aromatic heterocycles. The molecule has 0 aliphatic carbocycles. The number of nitrogens with two attached hydrogens (primary N) is 1. The monoisotopic (exact) mass is 297 g/mol. The van der Waals surface area contributed by atoms with Crippen LogP contribution in [-0.4, -0.2) is 37.1 Å². The zero-order valence-electron chi connectivity index (χ0n) is 10.8. The summed E-state index contributed by atoms with van der Waals surface area (Å²) < 4.78 is 26.4. The fourth-order valence-electron chi connectivity index (χ4n) is 1.45. The lowest BCUT2D eigenvalue weighted by Crippen LogP contribution is -2.35. The summed E-state index contributed by atoms with van der Waals surface area (Å²) in [4.78, 5) is 14.4. The second-order valence-electron chi connectivity index (χ2n) is 4.06. The molecule has 0 saturated heterocycles. The van der Waals surface area contributed by atoms with Gasteiger partial charge in [0, 0.05) is 30.4 Å². The van der Waals surface area contributed by atoms with E-state index in [4.69, 9.17) is 10.8 Å². The molecule has 108 valence electrons. The van der Waals surface area contributed by atoms with Crippen molar-refractivity contribution in [3.63, 3.8) is 0 Å². The second-order valence-corrected chi connectivity index (χ2v) is 5.78. The summed E-state index contributed by atoms with van der Waals surface area (Å²) in [6.07, 6.45) is 2.45. The summed E-state index contributed by atoms with van der Waals surface area (Å²) in [5.74, 6) is 4.37. The molecule has 1 unspecified atom stereocenters. The smallest absolute Gasteiger partial charge is 0.242 e. The first-order chi connectivity index (χ1) is 9.35. The minimum Gasteiger partial charge on any atom is -0.384 e. The first-order valence-corrected chi connectivity index (χ1v) is 7.19. The van der Waals surface area contributed by atoms with Crippen molar-refractivity contribution < 1.29 is 18.3 Å². The average molecular weight is 297 g/mol. The minimum absolute atomic E-state index is 0.0708. The lowest BCUT2D eigenvalue weighted by molar-refractivity contribution is -0.118. The summed E-state index contributed by atoms with van der Waals surface area (Å²) in [7, 11) is -3.80. The summed E-state index contributed by atoms with van der Waals surface area (Å²) in [6.45, 7) is 1.20. The Morgan fingerprint density at radius 1 is 1.55 bits per heavy atom. The van der Waals surface area contributed by atoms with E-state index in [1.807, 2.05) is 0 Å². The Balaban J connectivity index is 2.95. The average Bonchev–Trinajstić information content (AvgIpc) is 2.35. The zero-order chi connectivity index (χ0) is 15.2. The molecule has 1 aromatic rings. The Morgan fingerprint density at radius 2 is 2.25 bits per heavy atom. The van der Waals surface area contributed by atoms with Crippen LogP contribution in [0.5, 0.6) is 0 Å². The molecule has 1 rings (SSSR count). The predicted molar refractivity (Wildman–Crippen MR) is 71.8 cm³/mol. The van der Waals surface area contributed by atoms with Crippen molar-refractivity contribution in [2.24, 2.45) is 5.73 Å². The van der Waals surface area contributed by atoms with E-state index in [1.54, 1.807) is 0 Å². The van der Waals surface area contributed by atoms with Crippen molar-refractivity contribution in [2.75, 3.05) is 6.61 Å². The maximum atomic E-state index is 12.0. The summed E-state index contributed by atoms with van der Waals surface area (Å²) in [5, 5.41) is 8.59. The molecular weight excluding hydrogens is 282 g/mol. The van der Waals surface area contributed by atoms with Gasteiger partial charge in [-0.2, -0.15) is 0 Å². The number of amides is 1. The summed E-state index contributed by atoms with van der Waals surface area (Å²) in [5.41, 5.74) is 5.37. The molecule has 0 aliphatic rings. The van der Waals surface area contributed by atoms with Crippen molar-refractivity contribution in [1.82, 2.24) is 9.71 Å². The molecule has 1 atom stereocenters. The topological polar surface area (TPSA) is 122 Å². The van der Waals surface area contributed by atoms with Gasteiger partial charge in [-0.05, 0) is 13.0 Å². The fourth-order valence-corrected chi connectivity index (χ4v) is 2.68. The van der Waals surface area contributed by atoms with Gasteiger partial charge in [0.1, 0.15) is 11.5 Å². The van der Waals surface area contributed by atoms with Crippen LogP contribution in [0.15, 0.2) is 23.4 Å². The molecule has 8 heteroatoms. The standard InChI is InChI=1S/C12H15N3O4S/c1-9(5-12(13)17)15-20(18,19)11-6-10(3-2-4-16)7-14-8-11/h6-9,15-16H,4-5H2,1H3,(H2,13,17). The van der Waals surface area contributed by atoms with E-state index in [-0.39, 0.29) is 17.9 Å². The molecule has 1 heterocycles. The van der Waals surface area contributed by atoms with Gasteiger partial charge in [0.05, 0.1) is 0 Å². The SMILES string of the molecule is CC(CC(N)=O)NS(=O)(=O)c1cncc(C#CCO)c1. The minimum atomic E-state index is -3.80. The molecule has 0 radical (unpaired) electrons. The van der Waals surface area contributed by atoms with Crippen molar-refractivity contribution in [3.8, 4) is 11.8 Å². The number of aliphatic hydroxyl groups excluding tert-OH is 1. The Bertz CT molecular complexity index is 646. The molecule has 0 spiro atoms. The van der Waals surface area contributed by atoms with Gasteiger partial charge < -0.3 is 10.8 Å². The van der Waals surface area contributed by atoms with Gasteiger partial charge in [-0.15, -0.1) is 0 Å². The number of primary amides is 1. The number of carbonyl (C=O) groups excluding carboxylic acids is 1. The van der Waals surface area contributed by atoms with Gasteiger partial charge in [0.25, 0.3) is 0 Å². The third kappa shape index (κ3) is 4.97. The highest BCUT2D eigenvalue weighted by Crippen LogP contribution is 2.10. The van der Waals surface area contributed by atoms with Crippen LogP contribution in [0.3, 0.4) is 0 Å². The van der Waals surface area contributed by atoms with Crippen molar-refractivity contribution >= 4 is 15.9 Å². The number of hydrogen-bond donors (Lipinski definition) is 3. The highest BCUT2D eigenvalue weighted by Gasteiger charge is 2.19. The van der Waals surface area contributed by atoms with E-state index in [2.05, 4.69) is 21.5 Å². The molecule has 0 bridgehead atoms. The number of nitrogens with one attached hydrogen (secondary N) is 1. The Morgan fingerprint density at radius 3 is 2.85 bits per heavy atom. The molecular formula is C12H15N3O4S. The Kier molecular flexibility index (Phi) is 5.64. The van der Waals surface area contributed by atoms with E-state index in [1.165, 1.54) is 25.4 Å². The molecule has 0 fully saturated rings. The Hall–Kier alpha value is -1.95. The van der Waals surface area contributed by atoms with Crippen LogP contribution in [0.4, 0.5) is 0 Å². The van der Waals surface area contributed by atoms with Crippen molar-refractivity contribution in [2.45, 2.75) is 24.3 Å². The largest absolute Gasteiger partial charge is 0.384 e. The number of aromatic nitrogens is 1. The van der Waals surface area contributed by atoms with Crippen LogP contribution in [0.25, 0.3) is 0 Å². The van der Waals surface area contributed by atoms with Crippen LogP contribution in [0.2, 0.25) is 0 Å². The molecule has 1 amide bonds. The van der Waals surface area contributed by atoms with Crippen LogP contribution in [0, 0.1) is 11.8 Å². The van der Waals surface area contributed by atoms with E-state index in [9.17, 15) is 13.2 Å². The summed E-state index contributed by atoms with van der Waals surface area (Å²) >= 11 is 0. The number of carbonyl (C=O) groups is 1. The maximum Gasteiger partial charge on any atom is 0.242 e. The van der Waals surface area contributed by atoms with Crippen molar-refractivity contribution in [1.29, 1.82) is 0 Å². The lowest BCUT2D eigenvalue weighted by atomic mass is 10.2. The number of hydrogen-bond acceptors (Lipinski definition) is 5. The molecule has 7 nitrogen and oxygen atoms in total. The van der Waals surface area contributed by atoms with Gasteiger partial charge in [-0.1, -0.05) is 11.8 Å². The first kappa shape index (κ1) is 16.1. The van der Waals surface area contributed by atoms with Gasteiger partial charge in [0.2, 0.25) is 15.9 Å². The van der Waals surface area contributed by atoms with E-state index >= 15 is 0 Å². The third-order valence-corrected chi connectivity index (χ3v) is 3.76. The molecule has 0 aliphatic heterocycles. The van der Waals surface area contributed by atoms with Gasteiger partial charge >= 0.3 is 0 Å². The molecule has 20 heavy (non-hydrogen) atoms. The predicted octanol–water partition coefficient (Wildman–Crippen LogP) is -1.03. The van der Waals surface area contributed by atoms with Gasteiger partial charge in [0.15, 0.2) is 0 Å². The highest BCUT2D eigenvalue weighted by molar-refractivity contribution is 7.89. The van der Waals surface area contributed by atoms with Crippen LogP contribution in [-0.2, 0) is 14.8 Å². The quantitative estimate of drug-likeness (QED) is 0.600. The number of rotatable bonds is 5. The van der Waals surface area contributed by atoms with E-state index < -0.39 is 22.0 Å². The molecule has 0 aromatic carbocycles. The number of aliphatic hydroxyl groups is 1. The van der Waals surface area contributed by atoms with Crippen LogP contribution in [0.1, 0.15) is 18.9 Å². The normalized spacial score (nSPS) is 12.3. The number of sulfonamides is 1. The summed E-state index contributed by atoms with van der Waals surface area (Å²) in [6, 6.07) is 0.708. The molecule has 0 saturated carbocycles. The van der Waals surface area contributed by atoms with Gasteiger partial charge in [-0.3, -0.25) is 9.78 Å².